The Morgan fingerprint density at radius 3 is 2.50 bits per heavy atom. The van der Waals surface area contributed by atoms with Crippen LogP contribution >= 0.6 is 0 Å². The van der Waals surface area contributed by atoms with E-state index in [1.807, 2.05) is 6.92 Å². The van der Waals surface area contributed by atoms with Gasteiger partial charge in [-0.3, -0.25) is 9.59 Å². The first kappa shape index (κ1) is 20.4. The van der Waals surface area contributed by atoms with Gasteiger partial charge >= 0.3 is 29.6 Å². The van der Waals surface area contributed by atoms with Crippen molar-refractivity contribution < 1.29 is 44.3 Å². The fourth-order valence-corrected chi connectivity index (χ4v) is 3.20. The van der Waals surface area contributed by atoms with Gasteiger partial charge in [-0.1, -0.05) is 36.4 Å². The quantitative estimate of drug-likeness (QED) is 0.575. The molecule has 0 unspecified atom stereocenters. The van der Waals surface area contributed by atoms with Gasteiger partial charge in [-0.2, -0.15) is 0 Å². The number of carboxylic acids is 1. The van der Waals surface area contributed by atoms with E-state index >= 15 is 0 Å². The molecule has 26 heavy (non-hydrogen) atoms. The molecule has 1 fully saturated rings. The zero-order chi connectivity index (χ0) is 18.2. The average molecular weight is 362 g/mol. The number of nitrogens with zero attached hydrogens (tertiary/aromatic N) is 1. The summed E-state index contributed by atoms with van der Waals surface area (Å²) in [7, 11) is 1.67. The number of amides is 1. The number of nitrogens with one attached hydrogen (secondary N) is 1. The number of carboxylic acid groups (broad SMARTS) is 1. The van der Waals surface area contributed by atoms with Crippen molar-refractivity contribution in [2.75, 3.05) is 0 Å². The van der Waals surface area contributed by atoms with Gasteiger partial charge in [0.15, 0.2) is 0 Å². The molecule has 1 heterocycles. The SMILES string of the molecule is Cc1ccc(CNC(=O)[C@@H]2C[C@@]2(C(=O)[O-])c2ccccc2)c(=O)n1C.[Na+]. The number of hydrogen-bond acceptors (Lipinski definition) is 4. The van der Waals surface area contributed by atoms with Crippen molar-refractivity contribution in [2.45, 2.75) is 25.3 Å². The summed E-state index contributed by atoms with van der Waals surface area (Å²) in [5, 5.41) is 14.3. The molecule has 0 aliphatic heterocycles. The summed E-state index contributed by atoms with van der Waals surface area (Å²) in [6.07, 6.45) is 0.205. The van der Waals surface area contributed by atoms with E-state index in [1.54, 1.807) is 49.5 Å². The molecular weight excluding hydrogens is 343 g/mol. The summed E-state index contributed by atoms with van der Waals surface area (Å²) < 4.78 is 1.51. The van der Waals surface area contributed by atoms with Crippen LogP contribution in [0.2, 0.25) is 0 Å². The minimum atomic E-state index is -1.27. The molecule has 1 saturated carbocycles. The minimum Gasteiger partial charge on any atom is -0.549 e. The van der Waals surface area contributed by atoms with E-state index in [9.17, 15) is 19.5 Å². The molecule has 1 aromatic heterocycles. The van der Waals surface area contributed by atoms with Crippen molar-refractivity contribution in [1.82, 2.24) is 9.88 Å². The van der Waals surface area contributed by atoms with E-state index in [0.29, 0.717) is 11.1 Å². The summed E-state index contributed by atoms with van der Waals surface area (Å²) in [5.74, 6) is -2.31. The Labute approximate surface area is 173 Å². The molecule has 7 heteroatoms. The Bertz CT molecular complexity index is 894. The zero-order valence-corrected chi connectivity index (χ0v) is 17.1. The molecule has 2 atom stereocenters. The van der Waals surface area contributed by atoms with Crippen LogP contribution in [-0.4, -0.2) is 16.4 Å². The van der Waals surface area contributed by atoms with Crippen LogP contribution in [-0.2, 0) is 28.6 Å². The smallest absolute Gasteiger partial charge is 0.549 e. The summed E-state index contributed by atoms with van der Waals surface area (Å²) in [4.78, 5) is 36.2. The Balaban J connectivity index is 0.00000243. The first-order chi connectivity index (χ1) is 11.9. The van der Waals surface area contributed by atoms with Gasteiger partial charge < -0.3 is 19.8 Å². The number of aromatic nitrogens is 1. The zero-order valence-electron chi connectivity index (χ0n) is 15.1. The van der Waals surface area contributed by atoms with E-state index < -0.39 is 17.3 Å². The van der Waals surface area contributed by atoms with Crippen molar-refractivity contribution in [2.24, 2.45) is 13.0 Å². The van der Waals surface area contributed by atoms with E-state index in [0.717, 1.165) is 5.69 Å². The Hall–Kier alpha value is -1.89. The van der Waals surface area contributed by atoms with Gasteiger partial charge in [-0.05, 0) is 25.0 Å². The molecule has 1 aliphatic rings. The maximum absolute atomic E-state index is 12.4. The monoisotopic (exact) mass is 362 g/mol. The Morgan fingerprint density at radius 1 is 1.23 bits per heavy atom. The molecule has 2 aromatic rings. The number of aryl methyl sites for hydroxylation is 1. The Kier molecular flexibility index (Phi) is 6.11. The van der Waals surface area contributed by atoms with Gasteiger partial charge in [0, 0.05) is 30.3 Å². The molecule has 0 radical (unpaired) electrons. The molecular formula is C19H19N2NaO4. The minimum absolute atomic E-state index is 0. The molecule has 130 valence electrons. The topological polar surface area (TPSA) is 91.2 Å². The van der Waals surface area contributed by atoms with Crippen LogP contribution in [0.5, 0.6) is 0 Å². The van der Waals surface area contributed by atoms with Gasteiger partial charge in [0.2, 0.25) is 5.91 Å². The molecule has 1 aliphatic carbocycles. The van der Waals surface area contributed by atoms with Crippen molar-refractivity contribution in [3.63, 3.8) is 0 Å². The number of carbonyl (C=O) groups is 2. The summed E-state index contributed by atoms with van der Waals surface area (Å²) >= 11 is 0. The van der Waals surface area contributed by atoms with Crippen LogP contribution in [0.3, 0.4) is 0 Å². The van der Waals surface area contributed by atoms with Crippen LogP contribution in [0.1, 0.15) is 23.2 Å². The van der Waals surface area contributed by atoms with E-state index in [4.69, 9.17) is 0 Å². The standard InChI is InChI=1S/C19H20N2O4.Na/c1-12-8-9-13(17(23)21(12)2)11-20-16(22)15-10-19(15,18(24)25)14-6-4-3-5-7-14;/h3-9,15H,10-11H2,1-2H3,(H,20,22)(H,24,25);/q;+1/p-1/t15-,19+;/m0./s1. The van der Waals surface area contributed by atoms with Gasteiger partial charge in [0.05, 0.1) is 11.9 Å². The number of carbonyl (C=O) groups excluding carboxylic acids is 2. The Morgan fingerprint density at radius 2 is 1.88 bits per heavy atom. The third-order valence-corrected chi connectivity index (χ3v) is 5.02. The van der Waals surface area contributed by atoms with Crippen LogP contribution in [0.15, 0.2) is 47.3 Å². The molecule has 3 rings (SSSR count). The van der Waals surface area contributed by atoms with Crippen LogP contribution in [0.25, 0.3) is 0 Å². The second-order valence-electron chi connectivity index (χ2n) is 6.46. The van der Waals surface area contributed by atoms with Gasteiger partial charge in [-0.25, -0.2) is 0 Å². The molecule has 1 amide bonds. The largest absolute Gasteiger partial charge is 1.00 e. The maximum atomic E-state index is 12.4. The van der Waals surface area contributed by atoms with Crippen LogP contribution in [0.4, 0.5) is 0 Å². The van der Waals surface area contributed by atoms with Crippen molar-refractivity contribution in [3.05, 3.63) is 69.6 Å². The van der Waals surface area contributed by atoms with Gasteiger partial charge in [0.1, 0.15) is 0 Å². The van der Waals surface area contributed by atoms with E-state index in [2.05, 4.69) is 5.32 Å². The fraction of sp³-hybridized carbons (Fsp3) is 0.316. The molecule has 1 N–H and O–H groups in total. The van der Waals surface area contributed by atoms with Crippen molar-refractivity contribution >= 4 is 11.9 Å². The molecule has 1 aromatic carbocycles. The molecule has 0 saturated heterocycles. The maximum Gasteiger partial charge on any atom is 1.00 e. The van der Waals surface area contributed by atoms with E-state index in [1.165, 1.54) is 4.57 Å². The predicted molar refractivity (Wildman–Crippen MR) is 89.5 cm³/mol. The third kappa shape index (κ3) is 3.49. The number of hydrogen-bond donors (Lipinski definition) is 1. The number of pyridine rings is 1. The van der Waals surface area contributed by atoms with E-state index in [-0.39, 0.29) is 54.0 Å². The predicted octanol–water partition coefficient (Wildman–Crippen LogP) is -2.98. The second kappa shape index (κ2) is 7.78. The van der Waals surface area contributed by atoms with Gasteiger partial charge in [0.25, 0.3) is 5.56 Å². The average Bonchev–Trinajstić information content (AvgIpc) is 3.37. The molecule has 0 bridgehead atoms. The number of benzene rings is 1. The number of aliphatic carboxylic acids is 1. The van der Waals surface area contributed by atoms with Crippen LogP contribution in [0, 0.1) is 12.8 Å². The molecule has 6 nitrogen and oxygen atoms in total. The van der Waals surface area contributed by atoms with Gasteiger partial charge in [-0.15, -0.1) is 0 Å². The number of rotatable bonds is 5. The normalized spacial score (nSPS) is 20.8. The first-order valence-electron chi connectivity index (χ1n) is 8.08. The van der Waals surface area contributed by atoms with Crippen molar-refractivity contribution in [1.29, 1.82) is 0 Å². The van der Waals surface area contributed by atoms with Crippen LogP contribution < -0.4 is 45.5 Å². The summed E-state index contributed by atoms with van der Waals surface area (Å²) in [6, 6.07) is 12.1. The second-order valence-corrected chi connectivity index (χ2v) is 6.46. The summed E-state index contributed by atoms with van der Waals surface area (Å²) in [5.41, 5.74) is 0.402. The molecule has 0 spiro atoms. The third-order valence-electron chi connectivity index (χ3n) is 5.02. The fourth-order valence-electron chi connectivity index (χ4n) is 3.20. The van der Waals surface area contributed by atoms with Crippen molar-refractivity contribution in [3.8, 4) is 0 Å². The first-order valence-corrected chi connectivity index (χ1v) is 8.08. The summed E-state index contributed by atoms with van der Waals surface area (Å²) in [6.45, 7) is 1.89.